The van der Waals surface area contributed by atoms with Gasteiger partial charge in [-0.25, -0.2) is 0 Å². The number of rotatable bonds is 4. The van der Waals surface area contributed by atoms with E-state index in [-0.39, 0.29) is 0 Å². The molecule has 0 aliphatic heterocycles. The van der Waals surface area contributed by atoms with Crippen LogP contribution in [-0.2, 0) is 19.9 Å². The van der Waals surface area contributed by atoms with E-state index < -0.39 is 6.10 Å². The summed E-state index contributed by atoms with van der Waals surface area (Å²) in [5.41, 5.74) is 3.03. The maximum Gasteiger partial charge on any atom is 0.0863 e. The Bertz CT molecular complexity index is 519. The van der Waals surface area contributed by atoms with Gasteiger partial charge in [0.05, 0.1) is 11.8 Å². The first kappa shape index (κ1) is 13.3. The quantitative estimate of drug-likeness (QED) is 0.943. The number of benzene rings is 1. The van der Waals surface area contributed by atoms with Crippen molar-refractivity contribution in [2.24, 2.45) is 7.05 Å². The lowest BCUT2D eigenvalue weighted by Gasteiger charge is -2.10. The number of halogens is 1. The third-order valence-electron chi connectivity index (χ3n) is 2.97. The summed E-state index contributed by atoms with van der Waals surface area (Å²) in [6.45, 7) is 2.05. The second-order valence-electron chi connectivity index (χ2n) is 4.40. The molecule has 0 saturated heterocycles. The van der Waals surface area contributed by atoms with Gasteiger partial charge in [-0.15, -0.1) is 0 Å². The number of hydrogen-bond acceptors (Lipinski definition) is 2. The van der Waals surface area contributed by atoms with Gasteiger partial charge in [0.25, 0.3) is 0 Å². The highest BCUT2D eigenvalue weighted by Crippen LogP contribution is 2.22. The van der Waals surface area contributed by atoms with Crippen molar-refractivity contribution in [3.05, 3.63) is 51.8 Å². The van der Waals surface area contributed by atoms with E-state index in [0.29, 0.717) is 6.42 Å². The van der Waals surface area contributed by atoms with Crippen LogP contribution in [0, 0.1) is 0 Å². The molecule has 1 heterocycles. The molecule has 1 N–H and O–H groups in total. The van der Waals surface area contributed by atoms with Gasteiger partial charge in [0.15, 0.2) is 0 Å². The molecule has 0 fully saturated rings. The molecular weight excluding hydrogens is 292 g/mol. The summed E-state index contributed by atoms with van der Waals surface area (Å²) >= 11 is 3.41. The molecule has 0 amide bonds. The molecule has 0 radical (unpaired) electrons. The van der Waals surface area contributed by atoms with Gasteiger partial charge in [-0.2, -0.15) is 5.10 Å². The molecule has 3 nitrogen and oxygen atoms in total. The van der Waals surface area contributed by atoms with Gasteiger partial charge < -0.3 is 5.11 Å². The van der Waals surface area contributed by atoms with Crippen molar-refractivity contribution in [2.75, 3.05) is 0 Å². The summed E-state index contributed by atoms with van der Waals surface area (Å²) in [6.07, 6.45) is 2.87. The normalized spacial score (nSPS) is 12.7. The third kappa shape index (κ3) is 3.00. The Morgan fingerprint density at radius 1 is 1.33 bits per heavy atom. The second kappa shape index (κ2) is 5.67. The van der Waals surface area contributed by atoms with Gasteiger partial charge in [0, 0.05) is 29.7 Å². The predicted octanol–water partition coefficient (Wildman–Crippen LogP) is 3.02. The Hall–Kier alpha value is -1.13. The zero-order valence-electron chi connectivity index (χ0n) is 10.6. The molecule has 1 aromatic heterocycles. The Kier molecular flexibility index (Phi) is 4.19. The molecule has 1 atom stereocenters. The molecule has 2 aromatic rings. The van der Waals surface area contributed by atoms with Crippen LogP contribution in [0.5, 0.6) is 0 Å². The fraction of sp³-hybridized carbons (Fsp3) is 0.357. The average Bonchev–Trinajstić information content (AvgIpc) is 2.73. The number of aromatic nitrogens is 2. The highest BCUT2D eigenvalue weighted by atomic mass is 79.9. The number of aliphatic hydroxyl groups is 1. The fourth-order valence-electron chi connectivity index (χ4n) is 2.06. The molecule has 0 spiro atoms. The number of nitrogens with zero attached hydrogens (tertiary/aromatic N) is 2. The summed E-state index contributed by atoms with van der Waals surface area (Å²) in [6, 6.07) is 8.03. The minimum atomic E-state index is -0.491. The van der Waals surface area contributed by atoms with Crippen LogP contribution in [0.15, 0.2) is 34.9 Å². The van der Waals surface area contributed by atoms with Crippen molar-refractivity contribution in [1.29, 1.82) is 0 Å². The molecule has 2 rings (SSSR count). The van der Waals surface area contributed by atoms with Gasteiger partial charge in [-0.1, -0.05) is 35.0 Å². The minimum absolute atomic E-state index is 0.491. The average molecular weight is 309 g/mol. The first-order valence-corrected chi connectivity index (χ1v) is 6.84. The maximum absolute atomic E-state index is 10.3. The van der Waals surface area contributed by atoms with Crippen LogP contribution in [-0.4, -0.2) is 14.9 Å². The SMILES string of the molecule is CCc1nn(C)cc1C(O)Cc1ccc(Br)cc1. The van der Waals surface area contributed by atoms with Crippen LogP contribution in [0.4, 0.5) is 0 Å². The Morgan fingerprint density at radius 3 is 2.61 bits per heavy atom. The molecule has 1 unspecified atom stereocenters. The van der Waals surface area contributed by atoms with E-state index in [4.69, 9.17) is 0 Å². The maximum atomic E-state index is 10.3. The fourth-order valence-corrected chi connectivity index (χ4v) is 2.32. The van der Waals surface area contributed by atoms with E-state index in [1.165, 1.54) is 0 Å². The lowest BCUT2D eigenvalue weighted by molar-refractivity contribution is 0.177. The highest BCUT2D eigenvalue weighted by molar-refractivity contribution is 9.10. The molecule has 18 heavy (non-hydrogen) atoms. The van der Waals surface area contributed by atoms with Crippen molar-refractivity contribution in [2.45, 2.75) is 25.9 Å². The van der Waals surface area contributed by atoms with E-state index in [2.05, 4.69) is 28.0 Å². The standard InChI is InChI=1S/C14H17BrN2O/c1-3-13-12(9-17(2)16-13)14(18)8-10-4-6-11(15)7-5-10/h4-7,9,14,18H,3,8H2,1-2H3. The zero-order chi connectivity index (χ0) is 13.1. The molecule has 0 saturated carbocycles. The molecule has 0 aliphatic rings. The van der Waals surface area contributed by atoms with Crippen LogP contribution in [0.2, 0.25) is 0 Å². The number of aryl methyl sites for hydroxylation is 2. The van der Waals surface area contributed by atoms with Crippen molar-refractivity contribution in [1.82, 2.24) is 9.78 Å². The van der Waals surface area contributed by atoms with Crippen LogP contribution >= 0.6 is 15.9 Å². The first-order valence-electron chi connectivity index (χ1n) is 6.05. The number of aliphatic hydroxyl groups excluding tert-OH is 1. The largest absolute Gasteiger partial charge is 0.388 e. The minimum Gasteiger partial charge on any atom is -0.388 e. The van der Waals surface area contributed by atoms with E-state index in [9.17, 15) is 5.11 Å². The van der Waals surface area contributed by atoms with Gasteiger partial charge >= 0.3 is 0 Å². The molecule has 0 bridgehead atoms. The third-order valence-corrected chi connectivity index (χ3v) is 3.50. The summed E-state index contributed by atoms with van der Waals surface area (Å²) in [5.74, 6) is 0. The molecule has 0 aliphatic carbocycles. The summed E-state index contributed by atoms with van der Waals surface area (Å²) in [5, 5.41) is 14.7. The van der Waals surface area contributed by atoms with Gasteiger partial charge in [0.1, 0.15) is 0 Å². The van der Waals surface area contributed by atoms with E-state index in [0.717, 1.165) is 27.7 Å². The Morgan fingerprint density at radius 2 is 2.00 bits per heavy atom. The molecule has 96 valence electrons. The Labute approximate surface area is 116 Å². The second-order valence-corrected chi connectivity index (χ2v) is 5.32. The monoisotopic (exact) mass is 308 g/mol. The van der Waals surface area contributed by atoms with Crippen LogP contribution in [0.3, 0.4) is 0 Å². The topological polar surface area (TPSA) is 38.0 Å². The smallest absolute Gasteiger partial charge is 0.0863 e. The van der Waals surface area contributed by atoms with Gasteiger partial charge in [-0.05, 0) is 24.1 Å². The van der Waals surface area contributed by atoms with Crippen molar-refractivity contribution in [3.8, 4) is 0 Å². The van der Waals surface area contributed by atoms with Crippen LogP contribution < -0.4 is 0 Å². The van der Waals surface area contributed by atoms with Crippen molar-refractivity contribution in [3.63, 3.8) is 0 Å². The summed E-state index contributed by atoms with van der Waals surface area (Å²) in [7, 11) is 1.88. The lowest BCUT2D eigenvalue weighted by atomic mass is 10.0. The van der Waals surface area contributed by atoms with Crippen molar-refractivity contribution >= 4 is 15.9 Å². The predicted molar refractivity (Wildman–Crippen MR) is 75.4 cm³/mol. The Balaban J connectivity index is 2.16. The van der Waals surface area contributed by atoms with Gasteiger partial charge in [-0.3, -0.25) is 4.68 Å². The van der Waals surface area contributed by atoms with Crippen LogP contribution in [0.25, 0.3) is 0 Å². The molecule has 4 heteroatoms. The number of hydrogen-bond donors (Lipinski definition) is 1. The highest BCUT2D eigenvalue weighted by Gasteiger charge is 2.15. The van der Waals surface area contributed by atoms with E-state index in [1.807, 2.05) is 37.5 Å². The van der Waals surface area contributed by atoms with Crippen molar-refractivity contribution < 1.29 is 5.11 Å². The summed E-state index contributed by atoms with van der Waals surface area (Å²) < 4.78 is 2.82. The first-order chi connectivity index (χ1) is 8.60. The summed E-state index contributed by atoms with van der Waals surface area (Å²) in [4.78, 5) is 0. The molecular formula is C14H17BrN2O. The zero-order valence-corrected chi connectivity index (χ0v) is 12.2. The van der Waals surface area contributed by atoms with Gasteiger partial charge in [0.2, 0.25) is 0 Å². The van der Waals surface area contributed by atoms with Crippen LogP contribution in [0.1, 0.15) is 29.8 Å². The molecule has 1 aromatic carbocycles. The van der Waals surface area contributed by atoms with E-state index >= 15 is 0 Å². The lowest BCUT2D eigenvalue weighted by Crippen LogP contribution is -2.03. The van der Waals surface area contributed by atoms with E-state index in [1.54, 1.807) is 4.68 Å².